The number of hydrogen-bond acceptors (Lipinski definition) is 5. The molecule has 41 heavy (non-hydrogen) atoms. The van der Waals surface area contributed by atoms with Crippen molar-refractivity contribution in [3.63, 3.8) is 0 Å². The number of aryl methyl sites for hydroxylation is 1. The molecule has 0 atom stereocenters. The molecule has 0 saturated carbocycles. The lowest BCUT2D eigenvalue weighted by Gasteiger charge is -2.18. The number of imidazole rings is 1. The SMILES string of the molecule is CCCCc1ncc(C=C2C(=O)N(CCCC)C(=O)N2Cc2ccccc2Cl)n1Cc1ccc(C(=O)OC)cc1.Cl. The molecule has 2 heterocycles. The third-order valence-electron chi connectivity index (χ3n) is 6.96. The number of esters is 1. The molecule has 1 saturated heterocycles. The number of rotatable bonds is 12. The van der Waals surface area contributed by atoms with Crippen LogP contribution in [0.3, 0.4) is 0 Å². The summed E-state index contributed by atoms with van der Waals surface area (Å²) in [7, 11) is 1.36. The number of nitrogens with zero attached hydrogens (tertiary/aromatic N) is 4. The summed E-state index contributed by atoms with van der Waals surface area (Å²) >= 11 is 6.42. The van der Waals surface area contributed by atoms with Gasteiger partial charge in [0.05, 0.1) is 31.1 Å². The summed E-state index contributed by atoms with van der Waals surface area (Å²) in [5.41, 5.74) is 3.22. The Balaban J connectivity index is 0.00000462. The zero-order valence-electron chi connectivity index (χ0n) is 23.6. The average molecular weight is 600 g/mol. The summed E-state index contributed by atoms with van der Waals surface area (Å²) in [5, 5.41) is 0.538. The first-order valence-corrected chi connectivity index (χ1v) is 14.1. The van der Waals surface area contributed by atoms with Gasteiger partial charge in [0.2, 0.25) is 0 Å². The molecule has 1 aromatic heterocycles. The van der Waals surface area contributed by atoms with Crippen molar-refractivity contribution < 1.29 is 19.1 Å². The minimum atomic E-state index is -0.390. The van der Waals surface area contributed by atoms with E-state index >= 15 is 0 Å². The summed E-state index contributed by atoms with van der Waals surface area (Å²) in [6.07, 6.45) is 7.86. The highest BCUT2D eigenvalue weighted by molar-refractivity contribution is 6.31. The smallest absolute Gasteiger partial charge is 0.337 e. The summed E-state index contributed by atoms with van der Waals surface area (Å²) < 4.78 is 6.88. The zero-order valence-corrected chi connectivity index (χ0v) is 25.2. The Morgan fingerprint density at radius 3 is 2.34 bits per heavy atom. The Morgan fingerprint density at radius 2 is 1.68 bits per heavy atom. The van der Waals surface area contributed by atoms with Gasteiger partial charge in [-0.1, -0.05) is 68.6 Å². The fourth-order valence-electron chi connectivity index (χ4n) is 4.64. The van der Waals surface area contributed by atoms with E-state index in [2.05, 4.69) is 16.5 Å². The first-order valence-electron chi connectivity index (χ1n) is 13.7. The highest BCUT2D eigenvalue weighted by atomic mass is 35.5. The number of amides is 3. The van der Waals surface area contributed by atoms with Gasteiger partial charge in [-0.15, -0.1) is 12.4 Å². The number of urea groups is 1. The molecule has 3 aromatic rings. The minimum absolute atomic E-state index is 0. The standard InChI is InChI=1S/C31H35ClN4O4.ClH/c1-4-6-12-28-33-19-25(35(28)20-22-13-15-23(16-14-22)30(38)40-3)18-27-29(37)34(17-7-5-2)31(39)36(27)21-24-10-8-9-11-26(24)32;/h8-11,13-16,18-19H,4-7,12,17,20-21H2,1-3H3;1H. The average Bonchev–Trinajstić information content (AvgIpc) is 3.44. The van der Waals surface area contributed by atoms with E-state index in [9.17, 15) is 14.4 Å². The van der Waals surface area contributed by atoms with E-state index in [1.54, 1.807) is 30.5 Å². The number of carbonyl (C=O) groups is 3. The number of imide groups is 1. The normalized spacial score (nSPS) is 14.1. The second-order valence-corrected chi connectivity index (χ2v) is 10.2. The summed E-state index contributed by atoms with van der Waals surface area (Å²) in [6, 6.07) is 14.2. The number of benzene rings is 2. The van der Waals surface area contributed by atoms with Gasteiger partial charge in [-0.3, -0.25) is 14.6 Å². The number of unbranched alkanes of at least 4 members (excludes halogenated alkanes) is 2. The highest BCUT2D eigenvalue weighted by Crippen LogP contribution is 2.29. The maximum Gasteiger partial charge on any atom is 0.337 e. The maximum absolute atomic E-state index is 13.6. The largest absolute Gasteiger partial charge is 0.465 e. The van der Waals surface area contributed by atoms with Gasteiger partial charge in [-0.2, -0.15) is 0 Å². The zero-order chi connectivity index (χ0) is 28.6. The molecule has 0 bridgehead atoms. The van der Waals surface area contributed by atoms with Gasteiger partial charge in [0.1, 0.15) is 11.5 Å². The van der Waals surface area contributed by atoms with Crippen molar-refractivity contribution in [2.24, 2.45) is 0 Å². The van der Waals surface area contributed by atoms with Crippen molar-refractivity contribution in [3.05, 3.63) is 93.7 Å². The van der Waals surface area contributed by atoms with E-state index in [4.69, 9.17) is 16.3 Å². The molecule has 0 radical (unpaired) electrons. The maximum atomic E-state index is 13.6. The van der Waals surface area contributed by atoms with Crippen LogP contribution in [0.25, 0.3) is 6.08 Å². The molecule has 3 amide bonds. The monoisotopic (exact) mass is 598 g/mol. The van der Waals surface area contributed by atoms with Crippen LogP contribution in [-0.2, 0) is 29.0 Å². The number of halogens is 2. The molecule has 1 aliphatic heterocycles. The molecular weight excluding hydrogens is 563 g/mol. The Bertz CT molecular complexity index is 1400. The molecule has 2 aromatic carbocycles. The molecule has 10 heteroatoms. The third kappa shape index (κ3) is 7.37. The summed E-state index contributed by atoms with van der Waals surface area (Å²) in [6.45, 7) is 5.19. The van der Waals surface area contributed by atoms with Crippen LogP contribution in [0.4, 0.5) is 4.79 Å². The van der Waals surface area contributed by atoms with Crippen molar-refractivity contribution in [3.8, 4) is 0 Å². The van der Waals surface area contributed by atoms with Crippen LogP contribution in [0.15, 0.2) is 60.4 Å². The van der Waals surface area contributed by atoms with Crippen LogP contribution in [-0.4, -0.2) is 50.9 Å². The molecule has 4 rings (SSSR count). The van der Waals surface area contributed by atoms with Crippen LogP contribution >= 0.6 is 24.0 Å². The minimum Gasteiger partial charge on any atom is -0.465 e. The Hall–Kier alpha value is -3.62. The summed E-state index contributed by atoms with van der Waals surface area (Å²) in [5.74, 6) is 0.178. The number of methoxy groups -OCH3 is 1. The Kier molecular flexibility index (Phi) is 11.6. The van der Waals surface area contributed by atoms with Crippen molar-refractivity contribution in [2.45, 2.75) is 59.0 Å². The predicted octanol–water partition coefficient (Wildman–Crippen LogP) is 6.74. The van der Waals surface area contributed by atoms with Gasteiger partial charge in [0.15, 0.2) is 0 Å². The molecule has 0 aliphatic carbocycles. The fourth-order valence-corrected chi connectivity index (χ4v) is 4.84. The Morgan fingerprint density at radius 1 is 0.976 bits per heavy atom. The van der Waals surface area contributed by atoms with Gasteiger partial charge < -0.3 is 9.30 Å². The lowest BCUT2D eigenvalue weighted by atomic mass is 10.1. The van der Waals surface area contributed by atoms with E-state index in [1.165, 1.54) is 16.9 Å². The van der Waals surface area contributed by atoms with Gasteiger partial charge in [0.25, 0.3) is 5.91 Å². The lowest BCUT2D eigenvalue weighted by molar-refractivity contribution is -0.123. The van der Waals surface area contributed by atoms with Crippen molar-refractivity contribution in [1.82, 2.24) is 19.4 Å². The van der Waals surface area contributed by atoms with Gasteiger partial charge in [0, 0.05) is 24.5 Å². The van der Waals surface area contributed by atoms with Crippen LogP contribution in [0.1, 0.15) is 72.5 Å². The first-order chi connectivity index (χ1) is 19.4. The molecule has 0 spiro atoms. The van der Waals surface area contributed by atoms with E-state index < -0.39 is 0 Å². The molecule has 218 valence electrons. The molecule has 8 nitrogen and oxygen atoms in total. The van der Waals surface area contributed by atoms with Crippen LogP contribution in [0.5, 0.6) is 0 Å². The number of ether oxygens (including phenoxy) is 1. The molecule has 0 unspecified atom stereocenters. The van der Waals surface area contributed by atoms with Crippen molar-refractivity contribution in [1.29, 1.82) is 0 Å². The van der Waals surface area contributed by atoms with Gasteiger partial charge >= 0.3 is 12.0 Å². The van der Waals surface area contributed by atoms with Crippen LogP contribution < -0.4 is 0 Å². The molecular formula is C31H36Cl2N4O4. The number of carbonyl (C=O) groups excluding carboxylic acids is 3. The van der Waals surface area contributed by atoms with Crippen LogP contribution in [0.2, 0.25) is 5.02 Å². The summed E-state index contributed by atoms with van der Waals surface area (Å²) in [4.78, 5) is 46.4. The molecule has 1 aliphatic rings. The molecule has 1 fully saturated rings. The topological polar surface area (TPSA) is 84.7 Å². The third-order valence-corrected chi connectivity index (χ3v) is 7.33. The second-order valence-electron chi connectivity index (χ2n) is 9.78. The van der Waals surface area contributed by atoms with Crippen LogP contribution in [0, 0.1) is 0 Å². The lowest BCUT2D eigenvalue weighted by Crippen LogP contribution is -2.33. The first kappa shape index (κ1) is 31.9. The van der Waals surface area contributed by atoms with Crippen molar-refractivity contribution >= 4 is 48.0 Å². The predicted molar refractivity (Wildman–Crippen MR) is 162 cm³/mol. The highest BCUT2D eigenvalue weighted by Gasteiger charge is 2.41. The van der Waals surface area contributed by atoms with Crippen molar-refractivity contribution in [2.75, 3.05) is 13.7 Å². The van der Waals surface area contributed by atoms with Gasteiger partial charge in [-0.25, -0.2) is 14.6 Å². The number of hydrogen-bond donors (Lipinski definition) is 0. The van der Waals surface area contributed by atoms with E-state index in [-0.39, 0.29) is 36.9 Å². The molecule has 0 N–H and O–H groups in total. The van der Waals surface area contributed by atoms with E-state index in [0.717, 1.165) is 54.7 Å². The van der Waals surface area contributed by atoms with E-state index in [0.29, 0.717) is 29.4 Å². The number of aromatic nitrogens is 2. The second kappa shape index (κ2) is 14.8. The quantitative estimate of drug-likeness (QED) is 0.131. The van der Waals surface area contributed by atoms with E-state index in [1.807, 2.05) is 37.3 Å². The fraction of sp³-hybridized carbons (Fsp3) is 0.355. The van der Waals surface area contributed by atoms with Gasteiger partial charge in [-0.05, 0) is 48.2 Å². The Labute approximate surface area is 252 Å².